The van der Waals surface area contributed by atoms with Crippen molar-refractivity contribution in [3.63, 3.8) is 0 Å². The Morgan fingerprint density at radius 3 is 2.80 bits per heavy atom. The number of rotatable bonds is 4. The van der Waals surface area contributed by atoms with Crippen LogP contribution in [0.1, 0.15) is 44.2 Å². The van der Waals surface area contributed by atoms with E-state index in [9.17, 15) is 9.59 Å². The van der Waals surface area contributed by atoms with Gasteiger partial charge in [0.25, 0.3) is 0 Å². The molecule has 0 radical (unpaired) electrons. The van der Waals surface area contributed by atoms with Crippen LogP contribution in [0.15, 0.2) is 36.7 Å². The molecule has 7 nitrogen and oxygen atoms in total. The monoisotopic (exact) mass is 341 g/mol. The number of amides is 3. The third-order valence-corrected chi connectivity index (χ3v) is 4.39. The highest BCUT2D eigenvalue weighted by molar-refractivity contribution is 5.93. The number of aromatic nitrogens is 2. The maximum absolute atomic E-state index is 12.8. The van der Waals surface area contributed by atoms with E-state index in [2.05, 4.69) is 20.8 Å². The number of aromatic amines is 1. The largest absolute Gasteiger partial charge is 0.326 e. The molecule has 1 atom stereocenters. The molecule has 1 fully saturated rings. The molecule has 1 aromatic carbocycles. The topological polar surface area (TPSA) is 90.1 Å². The van der Waals surface area contributed by atoms with Crippen molar-refractivity contribution in [2.75, 3.05) is 17.2 Å². The van der Waals surface area contributed by atoms with Gasteiger partial charge >= 0.3 is 6.03 Å². The molecule has 3 rings (SSSR count). The zero-order valence-corrected chi connectivity index (χ0v) is 14.3. The van der Waals surface area contributed by atoms with Gasteiger partial charge in [-0.2, -0.15) is 5.10 Å². The highest BCUT2D eigenvalue weighted by Crippen LogP contribution is 2.31. The summed E-state index contributed by atoms with van der Waals surface area (Å²) in [6.45, 7) is 2.52. The molecule has 0 aliphatic carbocycles. The molecular formula is C18H23N5O2. The van der Waals surface area contributed by atoms with Gasteiger partial charge in [0.1, 0.15) is 0 Å². The first-order valence-corrected chi connectivity index (χ1v) is 8.63. The molecule has 132 valence electrons. The average Bonchev–Trinajstić information content (AvgIpc) is 3.16. The van der Waals surface area contributed by atoms with Crippen molar-refractivity contribution in [1.82, 2.24) is 15.1 Å². The zero-order chi connectivity index (χ0) is 17.6. The minimum Gasteiger partial charge on any atom is -0.326 e. The lowest BCUT2D eigenvalue weighted by atomic mass is 9.98. The predicted molar refractivity (Wildman–Crippen MR) is 96.3 cm³/mol. The van der Waals surface area contributed by atoms with E-state index in [1.54, 1.807) is 25.3 Å². The lowest BCUT2D eigenvalue weighted by Gasteiger charge is -2.35. The van der Waals surface area contributed by atoms with E-state index in [4.69, 9.17) is 0 Å². The Morgan fingerprint density at radius 2 is 2.08 bits per heavy atom. The van der Waals surface area contributed by atoms with Crippen LogP contribution in [0.3, 0.4) is 0 Å². The van der Waals surface area contributed by atoms with Crippen LogP contribution in [0.4, 0.5) is 16.2 Å². The van der Waals surface area contributed by atoms with Gasteiger partial charge in [0.15, 0.2) is 0 Å². The predicted octanol–water partition coefficient (Wildman–Crippen LogP) is 3.52. The molecule has 0 bridgehead atoms. The fourth-order valence-corrected chi connectivity index (χ4v) is 3.08. The van der Waals surface area contributed by atoms with Crippen molar-refractivity contribution in [2.45, 2.75) is 38.6 Å². The molecule has 2 aromatic rings. The molecule has 0 unspecified atom stereocenters. The van der Waals surface area contributed by atoms with E-state index < -0.39 is 0 Å². The van der Waals surface area contributed by atoms with Crippen LogP contribution in [0.5, 0.6) is 0 Å². The molecule has 1 aliphatic heterocycles. The van der Waals surface area contributed by atoms with Crippen molar-refractivity contribution < 1.29 is 9.59 Å². The Kier molecular flexibility index (Phi) is 5.33. The van der Waals surface area contributed by atoms with Gasteiger partial charge in [0.05, 0.1) is 12.2 Å². The summed E-state index contributed by atoms with van der Waals surface area (Å²) in [5.74, 6) is -0.0560. The second-order valence-electron chi connectivity index (χ2n) is 6.15. The van der Waals surface area contributed by atoms with Gasteiger partial charge in [0, 0.05) is 36.1 Å². The van der Waals surface area contributed by atoms with Gasteiger partial charge in [-0.3, -0.25) is 9.89 Å². The number of H-pyrrole nitrogens is 1. The van der Waals surface area contributed by atoms with Gasteiger partial charge in [-0.25, -0.2) is 4.79 Å². The van der Waals surface area contributed by atoms with Crippen LogP contribution in [0, 0.1) is 0 Å². The van der Waals surface area contributed by atoms with Crippen LogP contribution < -0.4 is 10.6 Å². The van der Waals surface area contributed by atoms with Crippen molar-refractivity contribution >= 4 is 23.3 Å². The zero-order valence-electron chi connectivity index (χ0n) is 14.3. The highest BCUT2D eigenvalue weighted by Gasteiger charge is 2.28. The molecule has 0 saturated carbocycles. The Balaban J connectivity index is 1.70. The Hall–Kier alpha value is -2.83. The molecule has 3 amide bonds. The van der Waals surface area contributed by atoms with E-state index in [0.29, 0.717) is 24.3 Å². The minimum absolute atomic E-state index is 0.0375. The number of carbonyl (C=O) groups excluding carboxylic acids is 2. The van der Waals surface area contributed by atoms with Gasteiger partial charge in [-0.05, 0) is 37.5 Å². The number of piperidine rings is 1. The number of benzene rings is 1. The SMILES string of the molecule is CCC(=O)Nc1cccc(NC(=O)N2CCCC[C@H]2c2cn[nH]c2)c1. The van der Waals surface area contributed by atoms with E-state index in [0.717, 1.165) is 24.8 Å². The van der Waals surface area contributed by atoms with Crippen LogP contribution in [-0.2, 0) is 4.79 Å². The molecule has 1 saturated heterocycles. The first-order valence-electron chi connectivity index (χ1n) is 8.63. The molecule has 7 heteroatoms. The van der Waals surface area contributed by atoms with Gasteiger partial charge in [-0.1, -0.05) is 13.0 Å². The standard InChI is InChI=1S/C18H23N5O2/c1-2-17(24)21-14-6-5-7-15(10-14)22-18(25)23-9-4-3-8-16(23)13-11-19-20-12-13/h5-7,10-12,16H,2-4,8-9H2,1H3,(H,19,20)(H,21,24)(H,22,25)/t16-/m0/s1. The van der Waals surface area contributed by atoms with Crippen molar-refractivity contribution in [2.24, 2.45) is 0 Å². The van der Waals surface area contributed by atoms with Crippen LogP contribution in [0.25, 0.3) is 0 Å². The Labute approximate surface area is 146 Å². The van der Waals surface area contributed by atoms with Gasteiger partial charge in [-0.15, -0.1) is 0 Å². The average molecular weight is 341 g/mol. The highest BCUT2D eigenvalue weighted by atomic mass is 16.2. The number of nitrogens with one attached hydrogen (secondary N) is 3. The summed E-state index contributed by atoms with van der Waals surface area (Å²) in [5, 5.41) is 12.6. The van der Waals surface area contributed by atoms with Crippen molar-refractivity contribution in [3.8, 4) is 0 Å². The van der Waals surface area contributed by atoms with Crippen molar-refractivity contribution in [3.05, 3.63) is 42.2 Å². The van der Waals surface area contributed by atoms with Gasteiger partial charge in [0.2, 0.25) is 5.91 Å². The van der Waals surface area contributed by atoms with E-state index in [1.807, 2.05) is 23.2 Å². The molecule has 1 aromatic heterocycles. The lowest BCUT2D eigenvalue weighted by Crippen LogP contribution is -2.41. The van der Waals surface area contributed by atoms with Crippen LogP contribution in [0.2, 0.25) is 0 Å². The summed E-state index contributed by atoms with van der Waals surface area (Å²) in [6.07, 6.45) is 7.05. The summed E-state index contributed by atoms with van der Waals surface area (Å²) in [7, 11) is 0. The summed E-state index contributed by atoms with van der Waals surface area (Å²) in [6, 6.07) is 7.10. The maximum Gasteiger partial charge on any atom is 0.322 e. The molecule has 0 spiro atoms. The minimum atomic E-state index is -0.134. The smallest absolute Gasteiger partial charge is 0.322 e. The summed E-state index contributed by atoms with van der Waals surface area (Å²) in [5.41, 5.74) is 2.36. The second-order valence-corrected chi connectivity index (χ2v) is 6.15. The normalized spacial score (nSPS) is 17.2. The third-order valence-electron chi connectivity index (χ3n) is 4.39. The van der Waals surface area contributed by atoms with E-state index >= 15 is 0 Å². The molecule has 3 N–H and O–H groups in total. The summed E-state index contributed by atoms with van der Waals surface area (Å²) >= 11 is 0. The second kappa shape index (κ2) is 7.83. The Bertz CT molecular complexity index is 729. The van der Waals surface area contributed by atoms with E-state index in [1.165, 1.54) is 0 Å². The third kappa shape index (κ3) is 4.17. The number of carbonyl (C=O) groups is 2. The number of urea groups is 1. The van der Waals surface area contributed by atoms with Crippen LogP contribution in [-0.4, -0.2) is 33.6 Å². The molecule has 1 aliphatic rings. The maximum atomic E-state index is 12.8. The quantitative estimate of drug-likeness (QED) is 0.795. The fraction of sp³-hybridized carbons (Fsp3) is 0.389. The summed E-state index contributed by atoms with van der Waals surface area (Å²) in [4.78, 5) is 26.1. The molecular weight excluding hydrogens is 318 g/mol. The Morgan fingerprint density at radius 1 is 1.28 bits per heavy atom. The summed E-state index contributed by atoms with van der Waals surface area (Å²) < 4.78 is 0. The number of likely N-dealkylation sites (tertiary alicyclic amines) is 1. The number of hydrogen-bond acceptors (Lipinski definition) is 3. The molecule has 2 heterocycles. The molecule has 25 heavy (non-hydrogen) atoms. The number of nitrogens with zero attached hydrogens (tertiary/aromatic N) is 2. The number of hydrogen-bond donors (Lipinski definition) is 3. The lowest BCUT2D eigenvalue weighted by molar-refractivity contribution is -0.115. The fourth-order valence-electron chi connectivity index (χ4n) is 3.08. The first kappa shape index (κ1) is 17.0. The van der Waals surface area contributed by atoms with E-state index in [-0.39, 0.29) is 18.0 Å². The first-order chi connectivity index (χ1) is 12.2. The van der Waals surface area contributed by atoms with Crippen LogP contribution >= 0.6 is 0 Å². The van der Waals surface area contributed by atoms with Crippen molar-refractivity contribution in [1.29, 1.82) is 0 Å². The number of anilines is 2. The van der Waals surface area contributed by atoms with Gasteiger partial charge < -0.3 is 15.5 Å².